The summed E-state index contributed by atoms with van der Waals surface area (Å²) in [6, 6.07) is 23.0. The zero-order valence-electron chi connectivity index (χ0n) is 19.0. The molecule has 0 saturated carbocycles. The van der Waals surface area contributed by atoms with Gasteiger partial charge in [-0.25, -0.2) is 4.39 Å². The number of aryl methyl sites for hydroxylation is 1. The van der Waals surface area contributed by atoms with E-state index in [9.17, 15) is 4.39 Å². The third kappa shape index (κ3) is 4.67. The molecule has 7 heteroatoms. The number of anilines is 1. The number of halogens is 2. The van der Waals surface area contributed by atoms with Crippen molar-refractivity contribution >= 4 is 29.5 Å². The van der Waals surface area contributed by atoms with Crippen LogP contribution in [0.1, 0.15) is 5.56 Å². The van der Waals surface area contributed by atoms with Crippen LogP contribution in [0, 0.1) is 17.5 Å². The van der Waals surface area contributed by atoms with Gasteiger partial charge in [-0.15, -0.1) is 0 Å². The van der Waals surface area contributed by atoms with Crippen molar-refractivity contribution in [1.29, 1.82) is 0 Å². The Morgan fingerprint density at radius 2 is 1.62 bits per heavy atom. The number of benzene rings is 3. The molecule has 3 aromatic carbocycles. The van der Waals surface area contributed by atoms with Crippen molar-refractivity contribution < 1.29 is 9.29 Å². The lowest BCUT2D eigenvalue weighted by molar-refractivity contribution is -0.923. The zero-order chi connectivity index (χ0) is 23.7. The van der Waals surface area contributed by atoms with Gasteiger partial charge in [0.05, 0.1) is 37.6 Å². The van der Waals surface area contributed by atoms with Gasteiger partial charge < -0.3 is 9.80 Å². The van der Waals surface area contributed by atoms with Gasteiger partial charge in [0.1, 0.15) is 5.82 Å². The number of hydrogen-bond acceptors (Lipinski definition) is 2. The van der Waals surface area contributed by atoms with Crippen LogP contribution >= 0.6 is 23.8 Å². The first-order valence-corrected chi connectivity index (χ1v) is 12.3. The van der Waals surface area contributed by atoms with Gasteiger partial charge in [0.15, 0.2) is 11.4 Å². The van der Waals surface area contributed by atoms with Crippen LogP contribution in [0.2, 0.25) is 5.02 Å². The van der Waals surface area contributed by atoms with E-state index in [1.807, 2.05) is 48.5 Å². The minimum atomic E-state index is -0.197. The molecule has 1 aliphatic heterocycles. The number of piperazine rings is 1. The van der Waals surface area contributed by atoms with Crippen LogP contribution in [0.3, 0.4) is 0 Å². The third-order valence-electron chi connectivity index (χ3n) is 6.51. The lowest BCUT2D eigenvalue weighted by Crippen LogP contribution is -3.14. The highest BCUT2D eigenvalue weighted by atomic mass is 35.5. The van der Waals surface area contributed by atoms with Gasteiger partial charge in [0.25, 0.3) is 0 Å². The molecule has 2 heterocycles. The molecule has 0 amide bonds. The number of hydrogen-bond donors (Lipinski definition) is 1. The molecule has 1 fully saturated rings. The summed E-state index contributed by atoms with van der Waals surface area (Å²) in [7, 11) is 0. The van der Waals surface area contributed by atoms with E-state index in [0.29, 0.717) is 5.02 Å². The van der Waals surface area contributed by atoms with Crippen molar-refractivity contribution in [2.75, 3.05) is 31.1 Å². The summed E-state index contributed by atoms with van der Waals surface area (Å²) in [6.07, 6.45) is 2.16. The maximum absolute atomic E-state index is 13.3. The van der Waals surface area contributed by atoms with Gasteiger partial charge in [-0.2, -0.15) is 0 Å². The number of imidazole rings is 1. The minimum absolute atomic E-state index is 0.197. The fourth-order valence-electron chi connectivity index (χ4n) is 4.61. The normalized spacial score (nSPS) is 14.5. The van der Waals surface area contributed by atoms with Gasteiger partial charge in [0, 0.05) is 22.5 Å². The first kappa shape index (κ1) is 22.8. The molecule has 0 radical (unpaired) electrons. The van der Waals surface area contributed by atoms with Crippen molar-refractivity contribution in [1.82, 2.24) is 9.13 Å². The Morgan fingerprint density at radius 1 is 0.941 bits per heavy atom. The van der Waals surface area contributed by atoms with Gasteiger partial charge >= 0.3 is 0 Å². The molecule has 1 saturated heterocycles. The molecular formula is C27H27ClFN4S+. The average Bonchev–Trinajstić information content (AvgIpc) is 3.16. The van der Waals surface area contributed by atoms with Gasteiger partial charge in [-0.05, 0) is 67.2 Å². The quantitative estimate of drug-likeness (QED) is 0.388. The molecule has 174 valence electrons. The number of rotatable bonds is 5. The van der Waals surface area contributed by atoms with Crippen LogP contribution in [-0.2, 0) is 6.67 Å². The Balaban J connectivity index is 1.42. The van der Waals surface area contributed by atoms with Crippen LogP contribution < -0.4 is 9.80 Å². The summed E-state index contributed by atoms with van der Waals surface area (Å²) in [5, 5.41) is 0.715. The lowest BCUT2D eigenvalue weighted by Gasteiger charge is -2.33. The molecule has 0 unspecified atom stereocenters. The van der Waals surface area contributed by atoms with Crippen molar-refractivity contribution in [2.45, 2.75) is 13.6 Å². The predicted molar refractivity (Wildman–Crippen MR) is 139 cm³/mol. The van der Waals surface area contributed by atoms with E-state index >= 15 is 0 Å². The van der Waals surface area contributed by atoms with Crippen molar-refractivity contribution in [3.05, 3.63) is 100 Å². The molecule has 0 spiro atoms. The number of nitrogens with one attached hydrogen (secondary N) is 1. The fraction of sp³-hybridized carbons (Fsp3) is 0.222. The second kappa shape index (κ2) is 9.74. The highest BCUT2D eigenvalue weighted by molar-refractivity contribution is 7.71. The Labute approximate surface area is 209 Å². The number of nitrogens with zero attached hydrogens (tertiary/aromatic N) is 3. The van der Waals surface area contributed by atoms with Crippen LogP contribution in [0.5, 0.6) is 0 Å². The lowest BCUT2D eigenvalue weighted by atomic mass is 10.1. The SMILES string of the molecule is Cc1ccccc1-n1c(-c2ccc(Cl)cc2)cn(C[NH+]2CCN(c3ccc(F)cc3)CC2)c1=S. The van der Waals surface area contributed by atoms with E-state index in [0.717, 1.165) is 60.3 Å². The highest BCUT2D eigenvalue weighted by Crippen LogP contribution is 2.27. The molecule has 34 heavy (non-hydrogen) atoms. The van der Waals surface area contributed by atoms with E-state index in [4.69, 9.17) is 23.8 Å². The van der Waals surface area contributed by atoms with E-state index < -0.39 is 0 Å². The predicted octanol–water partition coefficient (Wildman–Crippen LogP) is 5.14. The summed E-state index contributed by atoms with van der Waals surface area (Å²) in [5.41, 5.74) is 5.47. The first-order valence-electron chi connectivity index (χ1n) is 11.5. The van der Waals surface area contributed by atoms with E-state index in [1.165, 1.54) is 22.6 Å². The topological polar surface area (TPSA) is 17.5 Å². The standard InChI is InChI=1S/C27H26ClFN4S/c1-20-4-2-3-5-25(20)33-26(21-6-8-22(28)9-7-21)18-32(27(33)34)19-30-14-16-31(17-15-30)24-12-10-23(29)11-13-24/h2-13,18H,14-17,19H2,1H3/p+1. The smallest absolute Gasteiger partial charge is 0.189 e. The van der Waals surface area contributed by atoms with Gasteiger partial charge in [-0.1, -0.05) is 41.9 Å². The minimum Gasteiger partial charge on any atom is -0.360 e. The van der Waals surface area contributed by atoms with Crippen LogP contribution in [0.25, 0.3) is 16.9 Å². The first-order chi connectivity index (χ1) is 16.5. The van der Waals surface area contributed by atoms with Crippen LogP contribution in [0.4, 0.5) is 10.1 Å². The van der Waals surface area contributed by atoms with Crippen LogP contribution in [-0.4, -0.2) is 35.3 Å². The van der Waals surface area contributed by atoms with Crippen molar-refractivity contribution in [3.63, 3.8) is 0 Å². The Kier molecular flexibility index (Phi) is 6.55. The highest BCUT2D eigenvalue weighted by Gasteiger charge is 2.22. The number of quaternary nitrogens is 1. The van der Waals surface area contributed by atoms with Gasteiger partial charge in [0.2, 0.25) is 0 Å². The summed E-state index contributed by atoms with van der Waals surface area (Å²) in [5.74, 6) is -0.197. The molecule has 0 bridgehead atoms. The van der Waals surface area contributed by atoms with E-state index in [2.05, 4.69) is 39.3 Å². The summed E-state index contributed by atoms with van der Waals surface area (Å²) >= 11 is 12.2. The Morgan fingerprint density at radius 3 is 2.29 bits per heavy atom. The Bertz CT molecular complexity index is 1340. The molecule has 0 aliphatic carbocycles. The second-order valence-corrected chi connectivity index (χ2v) is 9.57. The Hall–Kier alpha value is -2.93. The summed E-state index contributed by atoms with van der Waals surface area (Å²) in [6.45, 7) is 6.75. The van der Waals surface area contributed by atoms with Crippen molar-refractivity contribution in [2.24, 2.45) is 0 Å². The van der Waals surface area contributed by atoms with Crippen molar-refractivity contribution in [3.8, 4) is 16.9 Å². The molecule has 4 nitrogen and oxygen atoms in total. The summed E-state index contributed by atoms with van der Waals surface area (Å²) < 4.78 is 18.4. The average molecular weight is 494 g/mol. The molecule has 1 aromatic heterocycles. The molecule has 1 aliphatic rings. The molecule has 0 atom stereocenters. The van der Waals surface area contributed by atoms with Gasteiger partial charge in [-0.3, -0.25) is 9.13 Å². The maximum Gasteiger partial charge on any atom is 0.189 e. The molecule has 1 N–H and O–H groups in total. The molecule has 5 rings (SSSR count). The zero-order valence-corrected chi connectivity index (χ0v) is 20.6. The number of aromatic nitrogens is 2. The third-order valence-corrected chi connectivity index (χ3v) is 7.18. The molecule has 4 aromatic rings. The maximum atomic E-state index is 13.3. The monoisotopic (exact) mass is 493 g/mol. The van der Waals surface area contributed by atoms with E-state index in [1.54, 1.807) is 0 Å². The second-order valence-electron chi connectivity index (χ2n) is 8.77. The van der Waals surface area contributed by atoms with Crippen LogP contribution in [0.15, 0.2) is 79.0 Å². The fourth-order valence-corrected chi connectivity index (χ4v) is 5.05. The molecular weight excluding hydrogens is 467 g/mol. The largest absolute Gasteiger partial charge is 0.360 e. The summed E-state index contributed by atoms with van der Waals surface area (Å²) in [4.78, 5) is 3.79. The van der Waals surface area contributed by atoms with E-state index in [-0.39, 0.29) is 5.82 Å². The number of para-hydroxylation sites is 1.